The summed E-state index contributed by atoms with van der Waals surface area (Å²) in [6, 6.07) is 16.9. The minimum atomic E-state index is -0.666. The van der Waals surface area contributed by atoms with Crippen molar-refractivity contribution in [2.75, 3.05) is 32.8 Å². The van der Waals surface area contributed by atoms with Gasteiger partial charge in [0, 0.05) is 19.7 Å². The Labute approximate surface area is 192 Å². The number of ether oxygens (including phenoxy) is 1. The Morgan fingerprint density at radius 1 is 1.10 bits per heavy atom. The zero-order chi connectivity index (χ0) is 21.3. The van der Waals surface area contributed by atoms with Gasteiger partial charge in [-0.05, 0) is 67.5 Å². The van der Waals surface area contributed by atoms with E-state index in [2.05, 4.69) is 73.4 Å². The van der Waals surface area contributed by atoms with E-state index in [9.17, 15) is 9.90 Å². The van der Waals surface area contributed by atoms with Crippen LogP contribution in [0.1, 0.15) is 41.5 Å². The number of rotatable bonds is 9. The number of hydrogen-bond acceptors (Lipinski definition) is 3. The second kappa shape index (κ2) is 12.7. The zero-order valence-electron chi connectivity index (χ0n) is 18.5. The molecule has 1 aliphatic rings. The lowest BCUT2D eigenvalue weighted by Gasteiger charge is -2.30. The van der Waals surface area contributed by atoms with Crippen LogP contribution in [0.15, 0.2) is 54.6 Å². The Kier molecular flexibility index (Phi) is 10.3. The van der Waals surface area contributed by atoms with E-state index in [-0.39, 0.29) is 18.3 Å². The van der Waals surface area contributed by atoms with Gasteiger partial charge < -0.3 is 14.7 Å². The van der Waals surface area contributed by atoms with Gasteiger partial charge in [0.2, 0.25) is 0 Å². The van der Waals surface area contributed by atoms with Gasteiger partial charge in [-0.3, -0.25) is 4.79 Å². The van der Waals surface area contributed by atoms with Crippen LogP contribution in [-0.2, 0) is 9.53 Å². The Balaban J connectivity index is 0.00000341. The first kappa shape index (κ1) is 25.1. The number of likely N-dealkylation sites (tertiary alicyclic amines) is 1. The van der Waals surface area contributed by atoms with Crippen molar-refractivity contribution in [2.45, 2.75) is 33.1 Å². The molecule has 1 heterocycles. The number of carboxylic acid groups (broad SMARTS) is 1. The SMILES string of the molecule is Cc1ccccc1C(=CCOCCCN1CCC[C@@H](C(=O)O)C1)c1ccccc1C.Cl. The molecule has 168 valence electrons. The largest absolute Gasteiger partial charge is 0.481 e. The van der Waals surface area contributed by atoms with Crippen molar-refractivity contribution in [1.82, 2.24) is 4.90 Å². The monoisotopic (exact) mass is 443 g/mol. The molecule has 1 saturated heterocycles. The van der Waals surface area contributed by atoms with Crippen LogP contribution in [0.5, 0.6) is 0 Å². The molecule has 5 heteroatoms. The third-order valence-corrected chi connectivity index (χ3v) is 5.89. The fraction of sp³-hybridized carbons (Fsp3) is 0.423. The van der Waals surface area contributed by atoms with Crippen LogP contribution in [-0.4, -0.2) is 48.8 Å². The molecule has 0 spiro atoms. The van der Waals surface area contributed by atoms with E-state index in [1.165, 1.54) is 27.8 Å². The summed E-state index contributed by atoms with van der Waals surface area (Å²) in [6.45, 7) is 8.09. The smallest absolute Gasteiger partial charge is 0.307 e. The van der Waals surface area contributed by atoms with Gasteiger partial charge in [-0.15, -0.1) is 12.4 Å². The highest BCUT2D eigenvalue weighted by atomic mass is 35.5. The van der Waals surface area contributed by atoms with Crippen molar-refractivity contribution < 1.29 is 14.6 Å². The third kappa shape index (κ3) is 7.20. The van der Waals surface area contributed by atoms with Crippen molar-refractivity contribution in [3.05, 3.63) is 76.9 Å². The summed E-state index contributed by atoms with van der Waals surface area (Å²) in [4.78, 5) is 13.5. The highest BCUT2D eigenvalue weighted by molar-refractivity contribution is 5.85. The molecule has 1 atom stereocenters. The highest BCUT2D eigenvalue weighted by Gasteiger charge is 2.24. The quantitative estimate of drug-likeness (QED) is 0.530. The molecule has 0 aromatic heterocycles. The van der Waals surface area contributed by atoms with Crippen molar-refractivity contribution in [3.8, 4) is 0 Å². The lowest BCUT2D eigenvalue weighted by molar-refractivity contribution is -0.143. The number of carboxylic acids is 1. The second-order valence-corrected chi connectivity index (χ2v) is 8.15. The molecule has 2 aromatic rings. The molecule has 4 nitrogen and oxygen atoms in total. The maximum atomic E-state index is 11.2. The standard InChI is InChI=1S/C26H33NO3.ClH/c1-20-9-3-5-12-23(20)25(24-13-6-4-10-21(24)2)14-18-30-17-8-16-27-15-7-11-22(19-27)26(28)29;/h3-6,9-10,12-14,22H,7-8,11,15-19H2,1-2H3,(H,28,29);1H/t22-;/m1./s1. The van der Waals surface area contributed by atoms with Crippen molar-refractivity contribution in [2.24, 2.45) is 5.92 Å². The van der Waals surface area contributed by atoms with Gasteiger partial charge in [0.15, 0.2) is 0 Å². The summed E-state index contributed by atoms with van der Waals surface area (Å²) in [5.41, 5.74) is 6.20. The maximum absolute atomic E-state index is 11.2. The van der Waals surface area contributed by atoms with Gasteiger partial charge in [-0.25, -0.2) is 0 Å². The van der Waals surface area contributed by atoms with E-state index in [1.54, 1.807) is 0 Å². The molecule has 0 bridgehead atoms. The summed E-state index contributed by atoms with van der Waals surface area (Å²) in [5, 5.41) is 9.22. The predicted molar refractivity (Wildman–Crippen MR) is 129 cm³/mol. The van der Waals surface area contributed by atoms with E-state index in [1.807, 2.05) is 0 Å². The number of halogens is 1. The minimum absolute atomic E-state index is 0. The summed E-state index contributed by atoms with van der Waals surface area (Å²) in [6.07, 6.45) is 4.88. The Morgan fingerprint density at radius 3 is 2.29 bits per heavy atom. The van der Waals surface area contributed by atoms with Gasteiger partial charge in [0.05, 0.1) is 12.5 Å². The zero-order valence-corrected chi connectivity index (χ0v) is 19.4. The summed E-state index contributed by atoms with van der Waals surface area (Å²) < 4.78 is 5.93. The average molecular weight is 444 g/mol. The molecule has 0 aliphatic carbocycles. The van der Waals surface area contributed by atoms with Crippen molar-refractivity contribution in [1.29, 1.82) is 0 Å². The van der Waals surface area contributed by atoms with Gasteiger partial charge in [0.1, 0.15) is 0 Å². The molecule has 2 aromatic carbocycles. The Morgan fingerprint density at radius 2 is 1.71 bits per heavy atom. The lowest BCUT2D eigenvalue weighted by atomic mass is 9.91. The maximum Gasteiger partial charge on any atom is 0.307 e. The number of benzene rings is 2. The lowest BCUT2D eigenvalue weighted by Crippen LogP contribution is -2.39. The van der Waals surface area contributed by atoms with Crippen LogP contribution in [0.25, 0.3) is 5.57 Å². The molecule has 0 unspecified atom stereocenters. The summed E-state index contributed by atoms with van der Waals surface area (Å²) in [5.74, 6) is -0.880. The first-order chi connectivity index (χ1) is 14.6. The fourth-order valence-corrected chi connectivity index (χ4v) is 4.19. The summed E-state index contributed by atoms with van der Waals surface area (Å²) in [7, 11) is 0. The number of aliphatic carboxylic acids is 1. The van der Waals surface area contributed by atoms with E-state index in [0.29, 0.717) is 19.8 Å². The molecule has 0 radical (unpaired) electrons. The number of hydrogen-bond donors (Lipinski definition) is 1. The van der Waals surface area contributed by atoms with Crippen LogP contribution in [0.3, 0.4) is 0 Å². The number of aryl methyl sites for hydroxylation is 2. The van der Waals surface area contributed by atoms with Crippen LogP contribution in [0.2, 0.25) is 0 Å². The van der Waals surface area contributed by atoms with Crippen LogP contribution in [0.4, 0.5) is 0 Å². The average Bonchev–Trinajstić information content (AvgIpc) is 2.75. The number of carbonyl (C=O) groups is 1. The van der Waals surface area contributed by atoms with Crippen molar-refractivity contribution in [3.63, 3.8) is 0 Å². The number of piperidine rings is 1. The minimum Gasteiger partial charge on any atom is -0.481 e. The number of nitrogens with zero attached hydrogens (tertiary/aromatic N) is 1. The van der Waals surface area contributed by atoms with E-state index >= 15 is 0 Å². The van der Waals surface area contributed by atoms with Crippen molar-refractivity contribution >= 4 is 23.9 Å². The third-order valence-electron chi connectivity index (χ3n) is 5.89. The highest BCUT2D eigenvalue weighted by Crippen LogP contribution is 2.28. The van der Waals surface area contributed by atoms with Gasteiger partial charge in [-0.1, -0.05) is 54.6 Å². The molecule has 1 N–H and O–H groups in total. The van der Waals surface area contributed by atoms with Crippen LogP contribution < -0.4 is 0 Å². The van der Waals surface area contributed by atoms with Gasteiger partial charge in [-0.2, -0.15) is 0 Å². The first-order valence-corrected chi connectivity index (χ1v) is 10.9. The molecule has 0 amide bonds. The summed E-state index contributed by atoms with van der Waals surface area (Å²) >= 11 is 0. The molecule has 3 rings (SSSR count). The van der Waals surface area contributed by atoms with E-state index in [4.69, 9.17) is 4.74 Å². The molecule has 1 aliphatic heterocycles. The van der Waals surface area contributed by atoms with Crippen LogP contribution in [0, 0.1) is 19.8 Å². The molecule has 0 saturated carbocycles. The van der Waals surface area contributed by atoms with E-state index < -0.39 is 5.97 Å². The molecule has 1 fully saturated rings. The topological polar surface area (TPSA) is 49.8 Å². The predicted octanol–water partition coefficient (Wildman–Crippen LogP) is 5.36. The van der Waals surface area contributed by atoms with Gasteiger partial charge in [0.25, 0.3) is 0 Å². The molecular weight excluding hydrogens is 410 g/mol. The van der Waals surface area contributed by atoms with Crippen LogP contribution >= 0.6 is 12.4 Å². The second-order valence-electron chi connectivity index (χ2n) is 8.15. The Bertz CT molecular complexity index is 833. The van der Waals surface area contributed by atoms with E-state index in [0.717, 1.165) is 32.4 Å². The molecule has 31 heavy (non-hydrogen) atoms. The first-order valence-electron chi connectivity index (χ1n) is 10.9. The Hall–Kier alpha value is -2.14. The normalized spacial score (nSPS) is 16.4. The van der Waals surface area contributed by atoms with Gasteiger partial charge >= 0.3 is 5.97 Å². The fourth-order valence-electron chi connectivity index (χ4n) is 4.19. The molecular formula is C26H34ClNO3.